The summed E-state index contributed by atoms with van der Waals surface area (Å²) in [6, 6.07) is 14.7. The third-order valence-electron chi connectivity index (χ3n) is 3.77. The molecule has 1 heterocycles. The zero-order chi connectivity index (χ0) is 19.9. The molecule has 7 nitrogen and oxygen atoms in total. The molecule has 3 rings (SSSR count). The Hall–Kier alpha value is -2.58. The molecule has 0 bridgehead atoms. The van der Waals surface area contributed by atoms with Gasteiger partial charge in [0, 0.05) is 15.8 Å². The van der Waals surface area contributed by atoms with Gasteiger partial charge in [0.1, 0.15) is 0 Å². The molecule has 1 N–H and O–H groups in total. The van der Waals surface area contributed by atoms with Crippen LogP contribution in [0, 0.1) is 0 Å². The number of hydrogen-bond acceptors (Lipinski definition) is 6. The lowest BCUT2D eigenvalue weighted by atomic mass is 10.1. The van der Waals surface area contributed by atoms with Crippen molar-refractivity contribution in [3.63, 3.8) is 0 Å². The van der Waals surface area contributed by atoms with E-state index in [1.165, 1.54) is 35.1 Å². The monoisotopic (exact) mass is 430 g/mol. The molecule has 2 aromatic carbocycles. The summed E-state index contributed by atoms with van der Waals surface area (Å²) in [5.74, 6) is -0.442. The largest absolute Gasteiger partial charge is 0.296 e. The van der Waals surface area contributed by atoms with Crippen molar-refractivity contribution in [2.45, 2.75) is 22.9 Å². The number of thioether (sulfide) groups is 1. The van der Waals surface area contributed by atoms with Crippen LogP contribution < -0.4 is 5.32 Å². The van der Waals surface area contributed by atoms with Crippen LogP contribution in [0.5, 0.6) is 0 Å². The van der Waals surface area contributed by atoms with Gasteiger partial charge in [-0.1, -0.05) is 83.1 Å². The summed E-state index contributed by atoms with van der Waals surface area (Å²) < 4.78 is 0.764. The SMILES string of the molecule is CCC(Sc1nnc(NC(=O)c2cc(N=[N+]=[N-])ccc2Cl)s1)c1ccccc1. The van der Waals surface area contributed by atoms with Crippen LogP contribution >= 0.6 is 34.7 Å². The van der Waals surface area contributed by atoms with Crippen LogP contribution in [0.2, 0.25) is 5.02 Å². The van der Waals surface area contributed by atoms with E-state index in [9.17, 15) is 4.79 Å². The molecule has 1 unspecified atom stereocenters. The average Bonchev–Trinajstić information content (AvgIpc) is 3.15. The molecule has 10 heteroatoms. The van der Waals surface area contributed by atoms with Gasteiger partial charge in [0.05, 0.1) is 10.6 Å². The van der Waals surface area contributed by atoms with Crippen molar-refractivity contribution in [3.8, 4) is 0 Å². The van der Waals surface area contributed by atoms with E-state index in [1.54, 1.807) is 11.8 Å². The number of rotatable bonds is 7. The van der Waals surface area contributed by atoms with Crippen molar-refractivity contribution >= 4 is 51.4 Å². The Morgan fingerprint density at radius 3 is 2.82 bits per heavy atom. The highest BCUT2D eigenvalue weighted by Gasteiger charge is 2.17. The summed E-state index contributed by atoms with van der Waals surface area (Å²) >= 11 is 8.99. The van der Waals surface area contributed by atoms with E-state index >= 15 is 0 Å². The van der Waals surface area contributed by atoms with Gasteiger partial charge in [-0.3, -0.25) is 10.1 Å². The summed E-state index contributed by atoms with van der Waals surface area (Å²) in [5, 5.41) is 15.3. The zero-order valence-electron chi connectivity index (χ0n) is 14.7. The highest BCUT2D eigenvalue weighted by atomic mass is 35.5. The van der Waals surface area contributed by atoms with Gasteiger partial charge >= 0.3 is 0 Å². The molecule has 0 spiro atoms. The molecule has 0 fully saturated rings. The minimum Gasteiger partial charge on any atom is -0.296 e. The Balaban J connectivity index is 1.71. The molecule has 3 aromatic rings. The van der Waals surface area contributed by atoms with Crippen LogP contribution in [0.4, 0.5) is 10.8 Å². The van der Waals surface area contributed by atoms with E-state index in [0.29, 0.717) is 10.8 Å². The molecule has 1 aromatic heterocycles. The van der Waals surface area contributed by atoms with Crippen molar-refractivity contribution in [2.75, 3.05) is 5.32 Å². The molecule has 1 atom stereocenters. The summed E-state index contributed by atoms with van der Waals surface area (Å²) in [6.45, 7) is 2.12. The van der Waals surface area contributed by atoms with E-state index in [-0.39, 0.29) is 15.8 Å². The van der Waals surface area contributed by atoms with Gasteiger partial charge < -0.3 is 0 Å². The minimum absolute atomic E-state index is 0.201. The number of azide groups is 1. The highest BCUT2D eigenvalue weighted by molar-refractivity contribution is 8.01. The van der Waals surface area contributed by atoms with Gasteiger partial charge in [0.15, 0.2) is 4.34 Å². The maximum absolute atomic E-state index is 12.5. The van der Waals surface area contributed by atoms with Gasteiger partial charge in [0.2, 0.25) is 5.13 Å². The van der Waals surface area contributed by atoms with Crippen LogP contribution in [-0.4, -0.2) is 16.1 Å². The van der Waals surface area contributed by atoms with Gasteiger partial charge in [-0.2, -0.15) is 0 Å². The molecule has 0 saturated heterocycles. The van der Waals surface area contributed by atoms with Crippen molar-refractivity contribution in [3.05, 3.63) is 75.1 Å². The van der Waals surface area contributed by atoms with Crippen LogP contribution in [-0.2, 0) is 0 Å². The Morgan fingerprint density at radius 1 is 1.32 bits per heavy atom. The first kappa shape index (κ1) is 20.2. The molecule has 142 valence electrons. The van der Waals surface area contributed by atoms with E-state index in [4.69, 9.17) is 17.1 Å². The number of benzene rings is 2. The fourth-order valence-electron chi connectivity index (χ4n) is 2.45. The van der Waals surface area contributed by atoms with Crippen molar-refractivity contribution in [1.29, 1.82) is 0 Å². The molecule has 28 heavy (non-hydrogen) atoms. The van der Waals surface area contributed by atoms with Gasteiger partial charge in [0.25, 0.3) is 5.91 Å². The van der Waals surface area contributed by atoms with Crippen molar-refractivity contribution in [2.24, 2.45) is 5.11 Å². The number of aromatic nitrogens is 2. The summed E-state index contributed by atoms with van der Waals surface area (Å²) in [7, 11) is 0. The topological polar surface area (TPSA) is 104 Å². The second-order valence-electron chi connectivity index (χ2n) is 5.61. The fraction of sp³-hybridized carbons (Fsp3) is 0.167. The van der Waals surface area contributed by atoms with Gasteiger partial charge in [-0.15, -0.1) is 10.2 Å². The lowest BCUT2D eigenvalue weighted by Crippen LogP contribution is -2.12. The number of carbonyl (C=O) groups excluding carboxylic acids is 1. The number of nitrogens with zero attached hydrogens (tertiary/aromatic N) is 5. The third-order valence-corrected chi connectivity index (χ3v) is 6.44. The summed E-state index contributed by atoms with van der Waals surface area (Å²) in [5.41, 5.74) is 10.3. The van der Waals surface area contributed by atoms with E-state index in [0.717, 1.165) is 10.8 Å². The Labute approximate surface area is 174 Å². The average molecular weight is 431 g/mol. The second-order valence-corrected chi connectivity index (χ2v) is 8.44. The minimum atomic E-state index is -0.442. The Morgan fingerprint density at radius 2 is 2.11 bits per heavy atom. The number of carbonyl (C=O) groups is 1. The van der Waals surface area contributed by atoms with E-state index in [2.05, 4.69) is 44.6 Å². The summed E-state index contributed by atoms with van der Waals surface area (Å²) in [4.78, 5) is 15.2. The fourth-order valence-corrected chi connectivity index (χ4v) is 4.69. The predicted molar refractivity (Wildman–Crippen MR) is 113 cm³/mol. The van der Waals surface area contributed by atoms with Crippen LogP contribution in [0.3, 0.4) is 0 Å². The first-order valence-electron chi connectivity index (χ1n) is 8.31. The highest BCUT2D eigenvalue weighted by Crippen LogP contribution is 2.39. The lowest BCUT2D eigenvalue weighted by molar-refractivity contribution is 0.102. The maximum Gasteiger partial charge on any atom is 0.259 e. The van der Waals surface area contributed by atoms with Crippen molar-refractivity contribution < 1.29 is 4.79 Å². The molecule has 1 amide bonds. The Kier molecular flexibility index (Phi) is 6.89. The molecule has 0 radical (unpaired) electrons. The van der Waals surface area contributed by atoms with Gasteiger partial charge in [-0.25, -0.2) is 0 Å². The first-order valence-corrected chi connectivity index (χ1v) is 10.4. The quantitative estimate of drug-likeness (QED) is 0.149. The standard InChI is InChI=1S/C18H15ClN6OS2/c1-2-15(11-6-4-3-5-7-11)27-18-24-23-17(28-18)21-16(26)13-10-12(22-25-20)8-9-14(13)19/h3-10,15H,2H2,1H3,(H,21,23,26). The van der Waals surface area contributed by atoms with E-state index < -0.39 is 5.91 Å². The molecule has 0 aliphatic heterocycles. The molecular weight excluding hydrogens is 416 g/mol. The number of amides is 1. The van der Waals surface area contributed by atoms with E-state index in [1.807, 2.05) is 18.2 Å². The number of anilines is 1. The van der Waals surface area contributed by atoms with Crippen molar-refractivity contribution in [1.82, 2.24) is 10.2 Å². The second kappa shape index (κ2) is 9.57. The number of hydrogen-bond donors (Lipinski definition) is 1. The van der Waals surface area contributed by atoms with Crippen LogP contribution in [0.25, 0.3) is 10.4 Å². The van der Waals surface area contributed by atoms with Crippen LogP contribution in [0.15, 0.2) is 58.0 Å². The lowest BCUT2D eigenvalue weighted by Gasteiger charge is -2.12. The predicted octanol–water partition coefficient (Wildman–Crippen LogP) is 6.63. The first-order chi connectivity index (χ1) is 13.6. The normalized spacial score (nSPS) is 11.5. The molecular formula is C18H15ClN6OS2. The number of nitrogens with one attached hydrogen (secondary N) is 1. The third kappa shape index (κ3) is 5.02. The molecule has 0 saturated carbocycles. The maximum atomic E-state index is 12.5. The molecule has 0 aliphatic carbocycles. The zero-order valence-corrected chi connectivity index (χ0v) is 17.1. The smallest absolute Gasteiger partial charge is 0.259 e. The number of halogens is 1. The Bertz CT molecular complexity index is 1020. The molecule has 0 aliphatic rings. The van der Waals surface area contributed by atoms with Crippen LogP contribution in [0.1, 0.15) is 34.5 Å². The van der Waals surface area contributed by atoms with Gasteiger partial charge in [-0.05, 0) is 29.6 Å². The summed E-state index contributed by atoms with van der Waals surface area (Å²) in [6.07, 6.45) is 0.942.